The minimum atomic E-state index is -0.262. The quantitative estimate of drug-likeness (QED) is 0.361. The van der Waals surface area contributed by atoms with Gasteiger partial charge in [-0.15, -0.1) is 0 Å². The topological polar surface area (TPSA) is 51.4 Å². The first-order chi connectivity index (χ1) is 14.5. The predicted molar refractivity (Wildman–Crippen MR) is 130 cm³/mol. The van der Waals surface area contributed by atoms with Crippen LogP contribution in [0.3, 0.4) is 0 Å². The molecule has 0 saturated carbocycles. The Bertz CT molecular complexity index is 888. The number of halogens is 2. The molecule has 162 valence electrons. The smallest absolute Gasteiger partial charge is 0.140 e. The van der Waals surface area contributed by atoms with Gasteiger partial charge in [-0.1, -0.05) is 30.3 Å². The van der Waals surface area contributed by atoms with Gasteiger partial charge < -0.3 is 20.9 Å². The standard InChI is InChI=1S/C21H27ClFN5S2/c1-4-14-11-20(30-27-21-25-8-10-29-21)16(23)13-18(14)26-17-6-5-15(22)12-19(17)28(3)9-7-24-2/h5-6,8,10-13,21,24-27H,4,7,9H2,1-3H3. The fourth-order valence-corrected chi connectivity index (χ4v) is 4.68. The lowest BCUT2D eigenvalue weighted by Crippen LogP contribution is -2.28. The number of benzene rings is 2. The Hall–Kier alpha value is -1.58. The van der Waals surface area contributed by atoms with E-state index < -0.39 is 0 Å². The summed E-state index contributed by atoms with van der Waals surface area (Å²) in [5.74, 6) is -0.262. The molecule has 0 aliphatic carbocycles. The second-order valence-corrected chi connectivity index (χ2v) is 9.14. The van der Waals surface area contributed by atoms with E-state index in [4.69, 9.17) is 11.6 Å². The molecule has 5 nitrogen and oxygen atoms in total. The maximum Gasteiger partial charge on any atom is 0.140 e. The molecule has 0 amide bonds. The second-order valence-electron chi connectivity index (χ2n) is 6.81. The van der Waals surface area contributed by atoms with Crippen LogP contribution in [0.2, 0.25) is 5.02 Å². The molecule has 0 aromatic heterocycles. The third-order valence-corrected chi connectivity index (χ3v) is 6.77. The van der Waals surface area contributed by atoms with Crippen LogP contribution in [0.25, 0.3) is 0 Å². The summed E-state index contributed by atoms with van der Waals surface area (Å²) in [5, 5.41) is 12.4. The monoisotopic (exact) mass is 467 g/mol. The molecule has 0 bridgehead atoms. The molecule has 0 fully saturated rings. The van der Waals surface area contributed by atoms with E-state index in [9.17, 15) is 4.39 Å². The average Bonchev–Trinajstić information content (AvgIpc) is 3.26. The number of hydrogen-bond donors (Lipinski definition) is 4. The van der Waals surface area contributed by atoms with Crippen molar-refractivity contribution < 1.29 is 4.39 Å². The summed E-state index contributed by atoms with van der Waals surface area (Å²) in [7, 11) is 3.94. The predicted octanol–water partition coefficient (Wildman–Crippen LogP) is 5.13. The van der Waals surface area contributed by atoms with Gasteiger partial charge in [0.15, 0.2) is 0 Å². The van der Waals surface area contributed by atoms with Crippen molar-refractivity contribution in [3.05, 3.63) is 58.3 Å². The molecule has 3 rings (SSSR count). The maximum absolute atomic E-state index is 14.8. The van der Waals surface area contributed by atoms with E-state index in [2.05, 4.69) is 32.5 Å². The Morgan fingerprint density at radius 2 is 2.10 bits per heavy atom. The minimum absolute atomic E-state index is 0.0436. The molecule has 2 aromatic carbocycles. The van der Waals surface area contributed by atoms with Crippen LogP contribution in [0.1, 0.15) is 12.5 Å². The Balaban J connectivity index is 1.81. The lowest BCUT2D eigenvalue weighted by atomic mass is 10.1. The fraction of sp³-hybridized carbons (Fsp3) is 0.333. The van der Waals surface area contributed by atoms with Crippen molar-refractivity contribution >= 4 is 52.4 Å². The highest BCUT2D eigenvalue weighted by molar-refractivity contribution is 8.04. The Morgan fingerprint density at radius 1 is 1.27 bits per heavy atom. The highest BCUT2D eigenvalue weighted by Gasteiger charge is 2.15. The van der Waals surface area contributed by atoms with Gasteiger partial charge in [-0.25, -0.2) is 9.11 Å². The van der Waals surface area contributed by atoms with Crippen LogP contribution in [-0.4, -0.2) is 32.7 Å². The van der Waals surface area contributed by atoms with E-state index in [1.54, 1.807) is 17.8 Å². The molecule has 1 atom stereocenters. The number of likely N-dealkylation sites (N-methyl/N-ethyl adjacent to an activating group) is 2. The molecule has 30 heavy (non-hydrogen) atoms. The van der Waals surface area contributed by atoms with Gasteiger partial charge in [-0.2, -0.15) is 0 Å². The number of thioether (sulfide) groups is 1. The third-order valence-electron chi connectivity index (χ3n) is 4.68. The van der Waals surface area contributed by atoms with Crippen molar-refractivity contribution in [3.8, 4) is 0 Å². The van der Waals surface area contributed by atoms with Crippen LogP contribution in [-0.2, 0) is 6.42 Å². The number of nitrogens with one attached hydrogen (secondary N) is 4. The first-order valence-electron chi connectivity index (χ1n) is 9.75. The molecule has 1 aliphatic rings. The van der Waals surface area contributed by atoms with Gasteiger partial charge in [0.25, 0.3) is 0 Å². The van der Waals surface area contributed by atoms with Crippen molar-refractivity contribution in [2.24, 2.45) is 0 Å². The van der Waals surface area contributed by atoms with Gasteiger partial charge in [-0.05, 0) is 66.7 Å². The number of hydrogen-bond acceptors (Lipinski definition) is 7. The largest absolute Gasteiger partial charge is 0.372 e. The van der Waals surface area contributed by atoms with Gasteiger partial charge in [0.05, 0.1) is 16.3 Å². The van der Waals surface area contributed by atoms with Crippen molar-refractivity contribution in [2.75, 3.05) is 37.4 Å². The SMILES string of the molecule is CCc1cc(SNC2NC=CS2)c(F)cc1Nc1ccc(Cl)cc1N(C)CCNC. The van der Waals surface area contributed by atoms with E-state index in [0.29, 0.717) is 9.92 Å². The zero-order chi connectivity index (χ0) is 21.5. The van der Waals surface area contributed by atoms with Gasteiger partial charge in [0, 0.05) is 37.0 Å². The van der Waals surface area contributed by atoms with Gasteiger partial charge in [0.2, 0.25) is 0 Å². The van der Waals surface area contributed by atoms with E-state index in [1.165, 1.54) is 11.9 Å². The summed E-state index contributed by atoms with van der Waals surface area (Å²) < 4.78 is 18.1. The number of anilines is 3. The van der Waals surface area contributed by atoms with Gasteiger partial charge >= 0.3 is 0 Å². The summed E-state index contributed by atoms with van der Waals surface area (Å²) in [6.45, 7) is 3.74. The van der Waals surface area contributed by atoms with E-state index in [-0.39, 0.29) is 11.3 Å². The summed E-state index contributed by atoms with van der Waals surface area (Å²) in [4.78, 5) is 2.70. The molecule has 1 unspecified atom stereocenters. The summed E-state index contributed by atoms with van der Waals surface area (Å²) in [6, 6.07) is 9.18. The van der Waals surface area contributed by atoms with E-state index in [0.717, 1.165) is 42.1 Å². The lowest BCUT2D eigenvalue weighted by molar-refractivity contribution is 0.600. The van der Waals surface area contributed by atoms with Crippen LogP contribution in [0, 0.1) is 5.82 Å². The molecule has 4 N–H and O–H groups in total. The van der Waals surface area contributed by atoms with Crippen molar-refractivity contribution in [2.45, 2.75) is 23.7 Å². The van der Waals surface area contributed by atoms with Crippen LogP contribution in [0.4, 0.5) is 21.5 Å². The number of nitrogens with zero attached hydrogens (tertiary/aromatic N) is 1. The highest BCUT2D eigenvalue weighted by Crippen LogP contribution is 2.34. The van der Waals surface area contributed by atoms with Crippen LogP contribution >= 0.6 is 35.3 Å². The molecular formula is C21H27ClFN5S2. The molecule has 2 aromatic rings. The van der Waals surface area contributed by atoms with Crippen LogP contribution < -0.4 is 25.6 Å². The van der Waals surface area contributed by atoms with Crippen molar-refractivity contribution in [1.82, 2.24) is 15.4 Å². The first kappa shape index (κ1) is 23.1. The van der Waals surface area contributed by atoms with Crippen molar-refractivity contribution in [3.63, 3.8) is 0 Å². The van der Waals surface area contributed by atoms with Crippen LogP contribution in [0.5, 0.6) is 0 Å². The molecule has 0 saturated heterocycles. The summed E-state index contributed by atoms with van der Waals surface area (Å²) in [6.07, 6.45) is 2.66. The van der Waals surface area contributed by atoms with Gasteiger partial charge in [0.1, 0.15) is 11.3 Å². The Morgan fingerprint density at radius 3 is 2.80 bits per heavy atom. The fourth-order valence-electron chi connectivity index (χ4n) is 3.02. The second kappa shape index (κ2) is 11.2. The number of aryl methyl sites for hydroxylation is 1. The number of rotatable bonds is 10. The maximum atomic E-state index is 14.8. The summed E-state index contributed by atoms with van der Waals surface area (Å²) >= 11 is 9.15. The third kappa shape index (κ3) is 5.98. The van der Waals surface area contributed by atoms with Gasteiger partial charge in [-0.3, -0.25) is 0 Å². The van der Waals surface area contributed by atoms with E-state index >= 15 is 0 Å². The average molecular weight is 468 g/mol. The normalized spacial score (nSPS) is 15.3. The molecule has 1 aliphatic heterocycles. The molecular weight excluding hydrogens is 441 g/mol. The molecule has 0 spiro atoms. The molecule has 1 heterocycles. The first-order valence-corrected chi connectivity index (χ1v) is 11.9. The Labute approximate surface area is 191 Å². The molecule has 9 heteroatoms. The Kier molecular flexibility index (Phi) is 8.59. The zero-order valence-corrected chi connectivity index (χ0v) is 19.6. The van der Waals surface area contributed by atoms with E-state index in [1.807, 2.05) is 50.0 Å². The lowest BCUT2D eigenvalue weighted by Gasteiger charge is -2.24. The van der Waals surface area contributed by atoms with Crippen LogP contribution in [0.15, 0.2) is 46.8 Å². The minimum Gasteiger partial charge on any atom is -0.372 e. The van der Waals surface area contributed by atoms with Crippen molar-refractivity contribution in [1.29, 1.82) is 0 Å². The molecule has 0 radical (unpaired) electrons. The highest BCUT2D eigenvalue weighted by atomic mass is 35.5. The zero-order valence-electron chi connectivity index (χ0n) is 17.3. The summed E-state index contributed by atoms with van der Waals surface area (Å²) in [5.41, 5.74) is 3.71.